The van der Waals surface area contributed by atoms with E-state index in [1.165, 1.54) is 0 Å². The van der Waals surface area contributed by atoms with Crippen LogP contribution < -0.4 is 4.74 Å². The van der Waals surface area contributed by atoms with Crippen LogP contribution in [0.3, 0.4) is 0 Å². The van der Waals surface area contributed by atoms with Gasteiger partial charge in [-0.3, -0.25) is 9.78 Å². The molecule has 33 heavy (non-hydrogen) atoms. The van der Waals surface area contributed by atoms with Gasteiger partial charge in [0, 0.05) is 41.5 Å². The van der Waals surface area contributed by atoms with E-state index in [9.17, 15) is 9.59 Å². The average molecular weight is 465 g/mol. The minimum atomic E-state index is -0.529. The third-order valence-electron chi connectivity index (χ3n) is 5.21. The predicted molar refractivity (Wildman–Crippen MR) is 127 cm³/mol. The van der Waals surface area contributed by atoms with Gasteiger partial charge in [-0.25, -0.2) is 4.79 Å². The summed E-state index contributed by atoms with van der Waals surface area (Å²) in [6.07, 6.45) is 2.97. The van der Waals surface area contributed by atoms with Crippen molar-refractivity contribution in [2.45, 2.75) is 39.3 Å². The fourth-order valence-electron chi connectivity index (χ4n) is 3.60. The number of halogens is 1. The second-order valence-corrected chi connectivity index (χ2v) is 9.34. The van der Waals surface area contributed by atoms with Gasteiger partial charge in [0.05, 0.1) is 12.1 Å². The molecule has 0 N–H and O–H groups in total. The fraction of sp³-hybridized carbons (Fsp3) is 0.269. The van der Waals surface area contributed by atoms with Crippen molar-refractivity contribution in [1.29, 1.82) is 0 Å². The molecule has 4 rings (SSSR count). The summed E-state index contributed by atoms with van der Waals surface area (Å²) >= 11 is 6.03. The van der Waals surface area contributed by atoms with Crippen LogP contribution in [-0.4, -0.2) is 34.4 Å². The minimum absolute atomic E-state index is 0.309. The van der Waals surface area contributed by atoms with E-state index < -0.39 is 5.60 Å². The number of ether oxygens (including phenoxy) is 2. The number of rotatable bonds is 4. The normalized spacial score (nSPS) is 13.3. The summed E-state index contributed by atoms with van der Waals surface area (Å²) in [6.45, 7) is 6.65. The first-order valence-corrected chi connectivity index (χ1v) is 11.1. The van der Waals surface area contributed by atoms with Crippen LogP contribution in [0.5, 0.6) is 11.5 Å². The number of nitrogens with zero attached hydrogens (tertiary/aromatic N) is 2. The van der Waals surface area contributed by atoms with Crippen LogP contribution in [0.2, 0.25) is 5.02 Å². The number of pyridine rings is 1. The maximum absolute atomic E-state index is 12.5. The Kier molecular flexibility index (Phi) is 6.38. The molecule has 0 unspecified atom stereocenters. The summed E-state index contributed by atoms with van der Waals surface area (Å²) < 4.78 is 11.4. The molecule has 6 nitrogen and oxygen atoms in total. The van der Waals surface area contributed by atoms with Crippen LogP contribution in [0, 0.1) is 0 Å². The van der Waals surface area contributed by atoms with Crippen LogP contribution in [-0.2, 0) is 17.7 Å². The number of carbonyl (C=O) groups excluding carboxylic acids is 2. The molecule has 1 amide bonds. The highest BCUT2D eigenvalue weighted by molar-refractivity contribution is 6.30. The van der Waals surface area contributed by atoms with Crippen molar-refractivity contribution < 1.29 is 19.1 Å². The lowest BCUT2D eigenvalue weighted by atomic mass is 10.0. The lowest BCUT2D eigenvalue weighted by molar-refractivity contribution is 0.0222. The first-order chi connectivity index (χ1) is 15.7. The maximum atomic E-state index is 12.5. The van der Waals surface area contributed by atoms with Gasteiger partial charge >= 0.3 is 6.09 Å². The van der Waals surface area contributed by atoms with Crippen molar-refractivity contribution in [3.05, 3.63) is 76.6 Å². The highest BCUT2D eigenvalue weighted by atomic mass is 35.5. The van der Waals surface area contributed by atoms with Crippen molar-refractivity contribution in [1.82, 2.24) is 9.88 Å². The molecule has 0 saturated heterocycles. The third kappa shape index (κ3) is 5.52. The van der Waals surface area contributed by atoms with E-state index in [2.05, 4.69) is 11.1 Å². The van der Waals surface area contributed by atoms with E-state index in [-0.39, 0.29) is 6.09 Å². The summed E-state index contributed by atoms with van der Waals surface area (Å²) in [7, 11) is 0. The average Bonchev–Trinajstić information content (AvgIpc) is 2.78. The van der Waals surface area contributed by atoms with Gasteiger partial charge in [-0.05, 0) is 62.2 Å². The number of benzene rings is 2. The molecule has 0 atom stereocenters. The van der Waals surface area contributed by atoms with Gasteiger partial charge in [0.25, 0.3) is 0 Å². The highest BCUT2D eigenvalue weighted by Gasteiger charge is 2.26. The first-order valence-electron chi connectivity index (χ1n) is 10.7. The summed E-state index contributed by atoms with van der Waals surface area (Å²) in [4.78, 5) is 30.1. The monoisotopic (exact) mass is 464 g/mol. The molecule has 170 valence electrons. The summed E-state index contributed by atoms with van der Waals surface area (Å²) in [5, 5.41) is 0.493. The Bertz CT molecular complexity index is 1190. The van der Waals surface area contributed by atoms with Crippen LogP contribution in [0.15, 0.2) is 54.7 Å². The van der Waals surface area contributed by atoms with Crippen molar-refractivity contribution in [3.63, 3.8) is 0 Å². The molecular formula is C26H25ClN2O4. The van der Waals surface area contributed by atoms with Crippen molar-refractivity contribution in [3.8, 4) is 22.6 Å². The number of amides is 1. The molecule has 0 fully saturated rings. The maximum Gasteiger partial charge on any atom is 0.410 e. The smallest absolute Gasteiger partial charge is 0.410 e. The molecule has 2 heterocycles. The van der Waals surface area contributed by atoms with Gasteiger partial charge in [-0.1, -0.05) is 23.7 Å². The zero-order valence-corrected chi connectivity index (χ0v) is 19.6. The topological polar surface area (TPSA) is 68.7 Å². The van der Waals surface area contributed by atoms with Gasteiger partial charge in [0.15, 0.2) is 6.29 Å². The lowest BCUT2D eigenvalue weighted by Crippen LogP contribution is -2.40. The molecule has 2 aromatic carbocycles. The predicted octanol–water partition coefficient (Wildman–Crippen LogP) is 6.30. The van der Waals surface area contributed by atoms with Crippen LogP contribution in [0.1, 0.15) is 42.4 Å². The van der Waals surface area contributed by atoms with E-state index in [1.807, 2.05) is 51.2 Å². The molecule has 1 aliphatic rings. The number of fused-ring (bicyclic) bond motifs is 1. The number of hydrogen-bond acceptors (Lipinski definition) is 5. The van der Waals surface area contributed by atoms with E-state index in [1.54, 1.807) is 23.1 Å². The molecule has 0 spiro atoms. The Morgan fingerprint density at radius 2 is 1.85 bits per heavy atom. The van der Waals surface area contributed by atoms with Crippen molar-refractivity contribution in [2.24, 2.45) is 0 Å². The third-order valence-corrected chi connectivity index (χ3v) is 5.44. The zero-order valence-electron chi connectivity index (χ0n) is 18.8. The van der Waals surface area contributed by atoms with Gasteiger partial charge in [-0.15, -0.1) is 0 Å². The quantitative estimate of drug-likeness (QED) is 0.424. The molecule has 0 radical (unpaired) electrons. The number of carbonyl (C=O) groups is 2. The fourth-order valence-corrected chi connectivity index (χ4v) is 3.76. The Hall–Kier alpha value is -3.38. The van der Waals surface area contributed by atoms with Gasteiger partial charge in [0.2, 0.25) is 0 Å². The summed E-state index contributed by atoms with van der Waals surface area (Å²) in [5.74, 6) is 0.995. The van der Waals surface area contributed by atoms with Gasteiger partial charge in [0.1, 0.15) is 17.1 Å². The Morgan fingerprint density at radius 3 is 2.55 bits per heavy atom. The van der Waals surface area contributed by atoms with E-state index in [4.69, 9.17) is 21.1 Å². The van der Waals surface area contributed by atoms with E-state index in [0.29, 0.717) is 41.6 Å². The molecule has 0 aliphatic carbocycles. The number of aldehydes is 1. The summed E-state index contributed by atoms with van der Waals surface area (Å²) in [6, 6.07) is 14.5. The molecule has 3 aromatic rings. The molecule has 0 bridgehead atoms. The Balaban J connectivity index is 1.51. The molecular weight excluding hydrogens is 440 g/mol. The molecule has 1 aliphatic heterocycles. The highest BCUT2D eigenvalue weighted by Crippen LogP contribution is 2.30. The number of aromatic nitrogens is 1. The van der Waals surface area contributed by atoms with Crippen LogP contribution in [0.25, 0.3) is 11.1 Å². The Morgan fingerprint density at radius 1 is 1.09 bits per heavy atom. The number of hydrogen-bond donors (Lipinski definition) is 0. The van der Waals surface area contributed by atoms with Crippen LogP contribution in [0.4, 0.5) is 4.79 Å². The van der Waals surface area contributed by atoms with Gasteiger partial charge < -0.3 is 14.4 Å². The molecule has 1 aromatic heterocycles. The zero-order chi connectivity index (χ0) is 23.6. The summed E-state index contributed by atoms with van der Waals surface area (Å²) in [5.41, 5.74) is 3.83. The van der Waals surface area contributed by atoms with E-state index in [0.717, 1.165) is 28.7 Å². The second kappa shape index (κ2) is 9.24. The van der Waals surface area contributed by atoms with Crippen molar-refractivity contribution >= 4 is 24.0 Å². The van der Waals surface area contributed by atoms with Crippen LogP contribution >= 0.6 is 11.6 Å². The van der Waals surface area contributed by atoms with Crippen molar-refractivity contribution in [2.75, 3.05) is 6.54 Å². The largest absolute Gasteiger partial charge is 0.457 e. The lowest BCUT2D eigenvalue weighted by Gasteiger charge is -2.31. The molecule has 7 heteroatoms. The van der Waals surface area contributed by atoms with Gasteiger partial charge in [-0.2, -0.15) is 0 Å². The Labute approximate surface area is 198 Å². The standard InChI is InChI=1S/C26H25ClN2O4/c1-26(2,3)33-25(31)29-11-10-23-20(15-29)12-19(14-28-23)17-5-8-22(9-6-17)32-24-13-21(27)7-4-18(24)16-30/h4-9,12-14,16H,10-11,15H2,1-3H3. The minimum Gasteiger partial charge on any atom is -0.457 e. The SMILES string of the molecule is CC(C)(C)OC(=O)N1CCc2ncc(-c3ccc(Oc4cc(Cl)ccc4C=O)cc3)cc2C1. The second-order valence-electron chi connectivity index (χ2n) is 8.91. The first kappa shape index (κ1) is 22.8. The molecule has 0 saturated carbocycles. The van der Waals surface area contributed by atoms with E-state index >= 15 is 0 Å².